The van der Waals surface area contributed by atoms with Crippen LogP contribution in [0.15, 0.2) is 6.07 Å². The van der Waals surface area contributed by atoms with E-state index in [1.165, 1.54) is 0 Å². The summed E-state index contributed by atoms with van der Waals surface area (Å²) < 4.78 is 0. The van der Waals surface area contributed by atoms with Crippen LogP contribution in [0, 0.1) is 0 Å². The number of likely N-dealkylation sites (N-methyl/N-ethyl adjacent to an activating group) is 1. The molecule has 0 saturated carbocycles. The second kappa shape index (κ2) is 6.16. The van der Waals surface area contributed by atoms with Gasteiger partial charge < -0.3 is 10.2 Å². The maximum Gasteiger partial charge on any atom is 0.150 e. The third-order valence-electron chi connectivity index (χ3n) is 3.70. The molecule has 1 fully saturated rings. The van der Waals surface area contributed by atoms with Crippen molar-refractivity contribution in [2.24, 2.45) is 0 Å². The molecule has 1 N–H and O–H groups in total. The zero-order valence-corrected chi connectivity index (χ0v) is 13.1. The molecule has 1 aliphatic rings. The van der Waals surface area contributed by atoms with Crippen LogP contribution < -0.4 is 10.2 Å². The summed E-state index contributed by atoms with van der Waals surface area (Å²) in [7, 11) is 3.98. The molecule has 1 saturated heterocycles. The Morgan fingerprint density at radius 1 is 1.37 bits per heavy atom. The van der Waals surface area contributed by atoms with Gasteiger partial charge in [-0.1, -0.05) is 30.1 Å². The molecule has 1 atom stereocenters. The summed E-state index contributed by atoms with van der Waals surface area (Å²) in [6.07, 6.45) is 1.12. The van der Waals surface area contributed by atoms with Gasteiger partial charge in [-0.15, -0.1) is 0 Å². The largest absolute Gasteiger partial charge is 0.372 e. The van der Waals surface area contributed by atoms with Crippen molar-refractivity contribution in [3.05, 3.63) is 16.1 Å². The fourth-order valence-corrected chi connectivity index (χ4v) is 3.01. The van der Waals surface area contributed by atoms with Crippen molar-refractivity contribution in [2.75, 3.05) is 43.9 Å². The van der Waals surface area contributed by atoms with Crippen LogP contribution in [0.2, 0.25) is 10.0 Å². The molecule has 2 heterocycles. The van der Waals surface area contributed by atoms with E-state index in [9.17, 15) is 0 Å². The van der Waals surface area contributed by atoms with Crippen LogP contribution in [0.4, 0.5) is 11.6 Å². The molecule has 0 spiro atoms. The van der Waals surface area contributed by atoms with E-state index in [0.29, 0.717) is 21.9 Å². The van der Waals surface area contributed by atoms with Gasteiger partial charge in [0.15, 0.2) is 0 Å². The highest BCUT2D eigenvalue weighted by Gasteiger charge is 2.25. The molecule has 106 valence electrons. The van der Waals surface area contributed by atoms with Gasteiger partial charge in [-0.05, 0) is 19.5 Å². The lowest BCUT2D eigenvalue weighted by Gasteiger charge is -2.40. The van der Waals surface area contributed by atoms with Gasteiger partial charge in [0.05, 0.1) is 10.0 Å². The Morgan fingerprint density at radius 2 is 2.11 bits per heavy atom. The lowest BCUT2D eigenvalue weighted by molar-refractivity contribution is 0.213. The Bertz CT molecular complexity index is 453. The SMILES string of the molecule is CCC1CN(c2nc(NC)c(Cl)cc2Cl)CCN1C. The molecule has 1 aromatic rings. The number of piperazine rings is 1. The fraction of sp³-hybridized carbons (Fsp3) is 0.615. The summed E-state index contributed by atoms with van der Waals surface area (Å²) in [6.45, 7) is 5.11. The summed E-state index contributed by atoms with van der Waals surface area (Å²) in [5.74, 6) is 1.50. The number of hydrogen-bond acceptors (Lipinski definition) is 4. The average Bonchev–Trinajstić information content (AvgIpc) is 2.40. The smallest absolute Gasteiger partial charge is 0.150 e. The Morgan fingerprint density at radius 3 is 2.74 bits per heavy atom. The first-order chi connectivity index (χ1) is 9.06. The molecule has 0 aliphatic carbocycles. The molecular formula is C13H20Cl2N4. The molecule has 1 aliphatic heterocycles. The molecule has 1 aromatic heterocycles. The monoisotopic (exact) mass is 302 g/mol. The van der Waals surface area contributed by atoms with Crippen molar-refractivity contribution >= 4 is 34.8 Å². The molecule has 6 heteroatoms. The van der Waals surface area contributed by atoms with Gasteiger partial charge in [0.2, 0.25) is 0 Å². The average molecular weight is 303 g/mol. The standard InChI is InChI=1S/C13H20Cl2N4/c1-4-9-8-19(6-5-18(9)3)13-11(15)7-10(14)12(16-2)17-13/h7,9H,4-6,8H2,1-3H3,(H,16,17). The predicted molar refractivity (Wildman–Crippen MR) is 82.7 cm³/mol. The normalized spacial score (nSPS) is 20.7. The lowest BCUT2D eigenvalue weighted by Crippen LogP contribution is -2.51. The minimum absolute atomic E-state index is 0.542. The Balaban J connectivity index is 2.26. The number of nitrogens with zero attached hydrogens (tertiary/aromatic N) is 3. The minimum atomic E-state index is 0.542. The van der Waals surface area contributed by atoms with Crippen LogP contribution in [-0.4, -0.2) is 49.7 Å². The number of aromatic nitrogens is 1. The number of anilines is 2. The fourth-order valence-electron chi connectivity index (χ4n) is 2.43. The third-order valence-corrected chi connectivity index (χ3v) is 4.26. The van der Waals surface area contributed by atoms with Crippen molar-refractivity contribution in [2.45, 2.75) is 19.4 Å². The Hall–Kier alpha value is -0.710. The number of hydrogen-bond donors (Lipinski definition) is 1. The maximum absolute atomic E-state index is 6.29. The molecule has 1 unspecified atom stereocenters. The van der Waals surface area contributed by atoms with Crippen LogP contribution in [0.25, 0.3) is 0 Å². The van der Waals surface area contributed by atoms with Crippen LogP contribution in [0.5, 0.6) is 0 Å². The van der Waals surface area contributed by atoms with Crippen LogP contribution in [0.3, 0.4) is 0 Å². The van der Waals surface area contributed by atoms with E-state index >= 15 is 0 Å². The maximum atomic E-state index is 6.29. The van der Waals surface area contributed by atoms with Gasteiger partial charge in [0, 0.05) is 32.7 Å². The zero-order valence-electron chi connectivity index (χ0n) is 11.6. The quantitative estimate of drug-likeness (QED) is 0.930. The number of pyridine rings is 1. The topological polar surface area (TPSA) is 31.4 Å². The van der Waals surface area contributed by atoms with Gasteiger partial charge in [-0.25, -0.2) is 4.98 Å². The van der Waals surface area contributed by atoms with E-state index in [2.05, 4.69) is 34.1 Å². The lowest BCUT2D eigenvalue weighted by atomic mass is 10.1. The molecule has 0 aromatic carbocycles. The highest BCUT2D eigenvalue weighted by atomic mass is 35.5. The molecule has 0 amide bonds. The van der Waals surface area contributed by atoms with Crippen molar-refractivity contribution in [1.82, 2.24) is 9.88 Å². The Labute approximate surface area is 124 Å². The van der Waals surface area contributed by atoms with Crippen LogP contribution >= 0.6 is 23.2 Å². The highest BCUT2D eigenvalue weighted by molar-refractivity contribution is 6.37. The predicted octanol–water partition coefficient (Wildman–Crippen LogP) is 2.96. The molecule has 2 rings (SSSR count). The third kappa shape index (κ3) is 3.07. The van der Waals surface area contributed by atoms with Gasteiger partial charge in [-0.2, -0.15) is 0 Å². The summed E-state index contributed by atoms with van der Waals surface area (Å²) in [5, 5.41) is 4.16. The van der Waals surface area contributed by atoms with E-state index in [4.69, 9.17) is 23.2 Å². The van der Waals surface area contributed by atoms with Gasteiger partial charge >= 0.3 is 0 Å². The van der Waals surface area contributed by atoms with Crippen molar-refractivity contribution in [3.63, 3.8) is 0 Å². The van der Waals surface area contributed by atoms with E-state index < -0.39 is 0 Å². The first-order valence-corrected chi connectivity index (χ1v) is 7.31. The van der Waals surface area contributed by atoms with Crippen LogP contribution in [0.1, 0.15) is 13.3 Å². The molecule has 0 bridgehead atoms. The van der Waals surface area contributed by atoms with Crippen molar-refractivity contribution < 1.29 is 0 Å². The zero-order chi connectivity index (χ0) is 14.0. The summed E-state index contributed by atoms with van der Waals surface area (Å²) in [5.41, 5.74) is 0. The van der Waals surface area contributed by atoms with E-state index in [-0.39, 0.29) is 0 Å². The molecular weight excluding hydrogens is 283 g/mol. The van der Waals surface area contributed by atoms with E-state index in [1.54, 1.807) is 6.07 Å². The number of halogens is 2. The second-order valence-electron chi connectivity index (χ2n) is 4.86. The molecule has 4 nitrogen and oxygen atoms in total. The summed E-state index contributed by atoms with van der Waals surface area (Å²) >= 11 is 12.4. The first-order valence-electron chi connectivity index (χ1n) is 6.55. The molecule has 0 radical (unpaired) electrons. The highest BCUT2D eigenvalue weighted by Crippen LogP contribution is 2.32. The van der Waals surface area contributed by atoms with E-state index in [0.717, 1.165) is 31.9 Å². The minimum Gasteiger partial charge on any atom is -0.372 e. The number of rotatable bonds is 3. The number of nitrogens with one attached hydrogen (secondary N) is 1. The Kier molecular flexibility index (Phi) is 4.76. The summed E-state index contributed by atoms with van der Waals surface area (Å²) in [4.78, 5) is 9.17. The van der Waals surface area contributed by atoms with Gasteiger partial charge in [-0.3, -0.25) is 4.90 Å². The van der Waals surface area contributed by atoms with E-state index in [1.807, 2.05) is 7.05 Å². The van der Waals surface area contributed by atoms with Gasteiger partial charge in [0.25, 0.3) is 0 Å². The van der Waals surface area contributed by atoms with Crippen LogP contribution in [-0.2, 0) is 0 Å². The first kappa shape index (κ1) is 14.7. The summed E-state index contributed by atoms with van der Waals surface area (Å²) in [6, 6.07) is 2.30. The second-order valence-corrected chi connectivity index (χ2v) is 5.68. The van der Waals surface area contributed by atoms with Gasteiger partial charge in [0.1, 0.15) is 11.6 Å². The van der Waals surface area contributed by atoms with Crippen molar-refractivity contribution in [3.8, 4) is 0 Å². The van der Waals surface area contributed by atoms with Crippen molar-refractivity contribution in [1.29, 1.82) is 0 Å². The molecule has 19 heavy (non-hydrogen) atoms.